The number of carbonyl (C=O) groups is 1. The van der Waals surface area contributed by atoms with Crippen molar-refractivity contribution in [3.63, 3.8) is 0 Å². The smallest absolute Gasteiger partial charge is 0.230 e. The molecule has 0 saturated heterocycles. The highest BCUT2D eigenvalue weighted by atomic mass is 16.2. The van der Waals surface area contributed by atoms with Gasteiger partial charge in [-0.05, 0) is 23.6 Å². The van der Waals surface area contributed by atoms with Crippen LogP contribution in [0, 0.1) is 0 Å². The highest BCUT2D eigenvalue weighted by Crippen LogP contribution is 2.12. The molecule has 16 heavy (non-hydrogen) atoms. The molecule has 2 heteroatoms. The Morgan fingerprint density at radius 2 is 2.00 bits per heavy atom. The van der Waals surface area contributed by atoms with Crippen LogP contribution in [0.4, 0.5) is 0 Å². The van der Waals surface area contributed by atoms with E-state index < -0.39 is 0 Å². The van der Waals surface area contributed by atoms with Crippen molar-refractivity contribution in [2.24, 2.45) is 0 Å². The quantitative estimate of drug-likeness (QED) is 0.755. The van der Waals surface area contributed by atoms with Crippen molar-refractivity contribution in [1.82, 2.24) is 4.90 Å². The molecule has 0 unspecified atom stereocenters. The van der Waals surface area contributed by atoms with Crippen molar-refractivity contribution in [3.05, 3.63) is 60.3 Å². The molecule has 82 valence electrons. The monoisotopic (exact) mass is 213 g/mol. The average molecular weight is 213 g/mol. The lowest BCUT2D eigenvalue weighted by atomic mass is 10.1. The second-order valence-electron chi connectivity index (χ2n) is 3.97. The summed E-state index contributed by atoms with van der Waals surface area (Å²) in [7, 11) is 0. The summed E-state index contributed by atoms with van der Waals surface area (Å²) in [6, 6.07) is 10.2. The zero-order chi connectivity index (χ0) is 11.4. The first-order chi connectivity index (χ1) is 7.75. The van der Waals surface area contributed by atoms with E-state index >= 15 is 0 Å². The van der Waals surface area contributed by atoms with E-state index in [4.69, 9.17) is 0 Å². The lowest BCUT2D eigenvalue weighted by Gasteiger charge is -2.22. The Morgan fingerprint density at radius 1 is 1.25 bits per heavy atom. The number of amides is 1. The van der Waals surface area contributed by atoms with Crippen LogP contribution in [0.15, 0.2) is 54.8 Å². The third kappa shape index (κ3) is 2.60. The highest BCUT2D eigenvalue weighted by Gasteiger charge is 2.15. The Balaban J connectivity index is 1.94. The van der Waals surface area contributed by atoms with Crippen LogP contribution in [0.5, 0.6) is 0 Å². The van der Waals surface area contributed by atoms with Gasteiger partial charge < -0.3 is 4.90 Å². The lowest BCUT2D eigenvalue weighted by Crippen LogP contribution is -2.30. The van der Waals surface area contributed by atoms with Gasteiger partial charge in [-0.2, -0.15) is 0 Å². The van der Waals surface area contributed by atoms with Crippen LogP contribution in [-0.2, 0) is 11.2 Å². The Hall–Kier alpha value is -1.83. The van der Waals surface area contributed by atoms with Gasteiger partial charge in [0.1, 0.15) is 0 Å². The lowest BCUT2D eigenvalue weighted by molar-refractivity contribution is -0.128. The number of hydrogen-bond donors (Lipinski definition) is 0. The van der Waals surface area contributed by atoms with Gasteiger partial charge in [-0.25, -0.2) is 0 Å². The number of hydrogen-bond acceptors (Lipinski definition) is 1. The van der Waals surface area contributed by atoms with E-state index in [1.54, 1.807) is 4.90 Å². The number of benzene rings is 1. The van der Waals surface area contributed by atoms with Crippen molar-refractivity contribution in [1.29, 1.82) is 0 Å². The van der Waals surface area contributed by atoms with Crippen molar-refractivity contribution in [2.75, 3.05) is 6.54 Å². The van der Waals surface area contributed by atoms with E-state index in [1.807, 2.05) is 30.5 Å². The number of nitrogens with zero attached hydrogens (tertiary/aromatic N) is 1. The second-order valence-corrected chi connectivity index (χ2v) is 3.97. The van der Waals surface area contributed by atoms with Gasteiger partial charge in [-0.1, -0.05) is 36.9 Å². The number of allylic oxidation sites excluding steroid dienone is 1. The molecule has 1 heterocycles. The summed E-state index contributed by atoms with van der Waals surface area (Å²) in [6.45, 7) is 4.53. The van der Waals surface area contributed by atoms with Crippen molar-refractivity contribution < 1.29 is 4.79 Å². The molecule has 0 aliphatic carbocycles. The molecule has 0 saturated carbocycles. The summed E-state index contributed by atoms with van der Waals surface area (Å²) in [5.74, 6) is 0.142. The molecule has 0 bridgehead atoms. The Morgan fingerprint density at radius 3 is 2.69 bits per heavy atom. The third-order valence-corrected chi connectivity index (χ3v) is 2.67. The maximum Gasteiger partial charge on any atom is 0.230 e. The SMILES string of the molecule is C=C1C=CN(CCc2ccccc2)C(=O)C1. The maximum absolute atomic E-state index is 11.6. The first-order valence-electron chi connectivity index (χ1n) is 5.45. The number of carbonyl (C=O) groups excluding carboxylic acids is 1. The number of rotatable bonds is 3. The van der Waals surface area contributed by atoms with Gasteiger partial charge in [-0.15, -0.1) is 0 Å². The van der Waals surface area contributed by atoms with Gasteiger partial charge in [-0.3, -0.25) is 4.79 Å². The summed E-state index contributed by atoms with van der Waals surface area (Å²) < 4.78 is 0. The first-order valence-corrected chi connectivity index (χ1v) is 5.45. The molecule has 0 spiro atoms. The summed E-state index contributed by atoms with van der Waals surface area (Å²) >= 11 is 0. The Labute approximate surface area is 95.9 Å². The van der Waals surface area contributed by atoms with E-state index in [2.05, 4.69) is 18.7 Å². The summed E-state index contributed by atoms with van der Waals surface area (Å²) in [5, 5.41) is 0. The second kappa shape index (κ2) is 4.79. The predicted octanol–water partition coefficient (Wildman–Crippen LogP) is 2.53. The predicted molar refractivity (Wildman–Crippen MR) is 64.8 cm³/mol. The molecule has 1 amide bonds. The summed E-state index contributed by atoms with van der Waals surface area (Å²) in [5.41, 5.74) is 2.15. The fourth-order valence-corrected chi connectivity index (χ4v) is 1.73. The van der Waals surface area contributed by atoms with E-state index in [9.17, 15) is 4.79 Å². The molecule has 0 radical (unpaired) electrons. The van der Waals surface area contributed by atoms with Gasteiger partial charge in [0.25, 0.3) is 0 Å². The zero-order valence-corrected chi connectivity index (χ0v) is 9.23. The molecule has 1 aromatic rings. The first kappa shape index (κ1) is 10.7. The molecule has 2 rings (SSSR count). The van der Waals surface area contributed by atoms with Crippen LogP contribution >= 0.6 is 0 Å². The van der Waals surface area contributed by atoms with Crippen LogP contribution in [0.2, 0.25) is 0 Å². The van der Waals surface area contributed by atoms with E-state index in [0.29, 0.717) is 6.42 Å². The van der Waals surface area contributed by atoms with E-state index in [-0.39, 0.29) is 5.91 Å². The molecule has 0 fully saturated rings. The molecule has 0 N–H and O–H groups in total. The summed E-state index contributed by atoms with van der Waals surface area (Å²) in [6.07, 6.45) is 5.08. The van der Waals surface area contributed by atoms with Gasteiger partial charge >= 0.3 is 0 Å². The third-order valence-electron chi connectivity index (χ3n) is 2.67. The summed E-state index contributed by atoms with van der Waals surface area (Å²) in [4.78, 5) is 13.4. The maximum atomic E-state index is 11.6. The largest absolute Gasteiger partial charge is 0.318 e. The van der Waals surface area contributed by atoms with Crippen LogP contribution < -0.4 is 0 Å². The molecule has 0 atom stereocenters. The average Bonchev–Trinajstić information content (AvgIpc) is 2.29. The fraction of sp³-hybridized carbons (Fsp3) is 0.214. The van der Waals surface area contributed by atoms with Gasteiger partial charge in [0, 0.05) is 12.7 Å². The van der Waals surface area contributed by atoms with E-state index in [1.165, 1.54) is 5.56 Å². The van der Waals surface area contributed by atoms with Crippen molar-refractivity contribution in [2.45, 2.75) is 12.8 Å². The van der Waals surface area contributed by atoms with Crippen molar-refractivity contribution >= 4 is 5.91 Å². The van der Waals surface area contributed by atoms with Crippen LogP contribution in [0.3, 0.4) is 0 Å². The molecular formula is C14H15NO. The molecule has 2 nitrogen and oxygen atoms in total. The Kier molecular flexibility index (Phi) is 3.20. The topological polar surface area (TPSA) is 20.3 Å². The standard InChI is InChI=1S/C14H15NO/c1-12-7-9-15(14(16)11-12)10-8-13-5-3-2-4-6-13/h2-7,9H,1,8,10-11H2. The minimum Gasteiger partial charge on any atom is -0.318 e. The normalized spacial score (nSPS) is 15.6. The molecule has 0 aromatic heterocycles. The minimum atomic E-state index is 0.142. The Bertz CT molecular complexity index is 420. The molecular weight excluding hydrogens is 198 g/mol. The molecule has 1 aliphatic rings. The molecule has 1 aliphatic heterocycles. The zero-order valence-electron chi connectivity index (χ0n) is 9.23. The van der Waals surface area contributed by atoms with Crippen molar-refractivity contribution in [3.8, 4) is 0 Å². The van der Waals surface area contributed by atoms with Gasteiger partial charge in [0.15, 0.2) is 0 Å². The van der Waals surface area contributed by atoms with Gasteiger partial charge in [0.2, 0.25) is 5.91 Å². The highest BCUT2D eigenvalue weighted by molar-refractivity contribution is 5.81. The molecule has 1 aromatic carbocycles. The van der Waals surface area contributed by atoms with Gasteiger partial charge in [0.05, 0.1) is 6.42 Å². The fourth-order valence-electron chi connectivity index (χ4n) is 1.73. The van der Waals surface area contributed by atoms with E-state index in [0.717, 1.165) is 18.5 Å². The van der Waals surface area contributed by atoms with Crippen LogP contribution in [0.25, 0.3) is 0 Å². The minimum absolute atomic E-state index is 0.142. The van der Waals surface area contributed by atoms with Crippen LogP contribution in [-0.4, -0.2) is 17.4 Å². The van der Waals surface area contributed by atoms with Crippen LogP contribution in [0.1, 0.15) is 12.0 Å².